The van der Waals surface area contributed by atoms with Crippen LogP contribution in [0.2, 0.25) is 0 Å². The van der Waals surface area contributed by atoms with E-state index >= 15 is 0 Å². The minimum absolute atomic E-state index is 0. The van der Waals surface area contributed by atoms with Gasteiger partial charge < -0.3 is 10.3 Å². The summed E-state index contributed by atoms with van der Waals surface area (Å²) in [6.07, 6.45) is 1.89. The van der Waals surface area contributed by atoms with Gasteiger partial charge in [-0.2, -0.15) is 4.98 Å². The highest BCUT2D eigenvalue weighted by molar-refractivity contribution is 5.85. The summed E-state index contributed by atoms with van der Waals surface area (Å²) in [6, 6.07) is 10.2. The molecule has 1 atom stereocenters. The number of hydrogen-bond donors (Lipinski definition) is 1. The molecule has 114 valence electrons. The molecule has 1 unspecified atom stereocenters. The third-order valence-electron chi connectivity index (χ3n) is 3.78. The largest absolute Gasteiger partial charge is 0.338 e. The zero-order valence-electron chi connectivity index (χ0n) is 11.9. The molecular formula is C15H21ClN4O. The van der Waals surface area contributed by atoms with E-state index in [1.54, 1.807) is 0 Å². The molecule has 5 nitrogen and oxygen atoms in total. The maximum atomic E-state index is 5.70. The molecule has 2 heterocycles. The molecule has 0 spiro atoms. The molecule has 1 fully saturated rings. The summed E-state index contributed by atoms with van der Waals surface area (Å²) in [6.45, 7) is 3.60. The van der Waals surface area contributed by atoms with E-state index < -0.39 is 0 Å². The molecule has 21 heavy (non-hydrogen) atoms. The fourth-order valence-corrected chi connectivity index (χ4v) is 2.64. The van der Waals surface area contributed by atoms with E-state index in [4.69, 9.17) is 10.3 Å². The lowest BCUT2D eigenvalue weighted by atomic mass is 10.1. The van der Waals surface area contributed by atoms with Crippen LogP contribution in [-0.4, -0.2) is 34.7 Å². The average molecular weight is 309 g/mol. The standard InChI is InChI=1S/C15H20N4O.ClH/c16-9-13-6-7-19(10-13)11-15-17-14(18-20-15)8-12-4-2-1-3-5-12;/h1-5,13H,6-11,16H2;1H. The Morgan fingerprint density at radius 2 is 2.10 bits per heavy atom. The number of benzene rings is 1. The molecule has 1 saturated heterocycles. The lowest BCUT2D eigenvalue weighted by molar-refractivity contribution is 0.260. The van der Waals surface area contributed by atoms with E-state index in [-0.39, 0.29) is 12.4 Å². The van der Waals surface area contributed by atoms with Gasteiger partial charge in [-0.15, -0.1) is 12.4 Å². The minimum Gasteiger partial charge on any atom is -0.338 e. The molecule has 1 aliphatic rings. The zero-order chi connectivity index (χ0) is 13.8. The Balaban J connectivity index is 0.00000161. The van der Waals surface area contributed by atoms with E-state index in [1.807, 2.05) is 18.2 Å². The van der Waals surface area contributed by atoms with Crippen LogP contribution in [0.15, 0.2) is 34.9 Å². The van der Waals surface area contributed by atoms with E-state index in [0.717, 1.165) is 38.4 Å². The van der Waals surface area contributed by atoms with Crippen molar-refractivity contribution in [2.75, 3.05) is 19.6 Å². The van der Waals surface area contributed by atoms with Crippen LogP contribution in [0.5, 0.6) is 0 Å². The second kappa shape index (κ2) is 7.54. The van der Waals surface area contributed by atoms with Gasteiger partial charge >= 0.3 is 0 Å². The van der Waals surface area contributed by atoms with Crippen LogP contribution < -0.4 is 5.73 Å². The van der Waals surface area contributed by atoms with Crippen molar-refractivity contribution in [2.45, 2.75) is 19.4 Å². The summed E-state index contributed by atoms with van der Waals surface area (Å²) in [5, 5.41) is 4.06. The summed E-state index contributed by atoms with van der Waals surface area (Å²) < 4.78 is 5.33. The monoisotopic (exact) mass is 308 g/mol. The maximum absolute atomic E-state index is 5.70. The Hall–Kier alpha value is -1.43. The van der Waals surface area contributed by atoms with Crippen molar-refractivity contribution in [1.29, 1.82) is 0 Å². The number of rotatable bonds is 5. The van der Waals surface area contributed by atoms with Crippen molar-refractivity contribution >= 4 is 12.4 Å². The first-order valence-electron chi connectivity index (χ1n) is 7.11. The van der Waals surface area contributed by atoms with E-state index in [0.29, 0.717) is 11.8 Å². The van der Waals surface area contributed by atoms with Gasteiger partial charge in [-0.05, 0) is 31.0 Å². The SMILES string of the molecule is Cl.NCC1CCN(Cc2nc(Cc3ccccc3)no2)C1. The van der Waals surface area contributed by atoms with Gasteiger partial charge in [-0.25, -0.2) is 0 Å². The molecule has 2 aromatic rings. The molecular weight excluding hydrogens is 288 g/mol. The van der Waals surface area contributed by atoms with Gasteiger partial charge in [0.05, 0.1) is 6.54 Å². The number of hydrogen-bond acceptors (Lipinski definition) is 5. The number of nitrogens with zero attached hydrogens (tertiary/aromatic N) is 3. The highest BCUT2D eigenvalue weighted by Gasteiger charge is 2.22. The highest BCUT2D eigenvalue weighted by atomic mass is 35.5. The van der Waals surface area contributed by atoms with Gasteiger partial charge in [0.15, 0.2) is 5.82 Å². The molecule has 1 aromatic heterocycles. The lowest BCUT2D eigenvalue weighted by Gasteiger charge is -2.12. The molecule has 3 rings (SSSR count). The molecule has 2 N–H and O–H groups in total. The van der Waals surface area contributed by atoms with Crippen LogP contribution in [0.25, 0.3) is 0 Å². The summed E-state index contributed by atoms with van der Waals surface area (Å²) >= 11 is 0. The summed E-state index contributed by atoms with van der Waals surface area (Å²) in [7, 11) is 0. The van der Waals surface area contributed by atoms with Crippen molar-refractivity contribution in [3.8, 4) is 0 Å². The second-order valence-corrected chi connectivity index (χ2v) is 5.39. The molecule has 0 saturated carbocycles. The number of halogens is 1. The van der Waals surface area contributed by atoms with Gasteiger partial charge in [0, 0.05) is 13.0 Å². The van der Waals surface area contributed by atoms with Gasteiger partial charge in [0.1, 0.15) is 0 Å². The zero-order valence-corrected chi connectivity index (χ0v) is 12.8. The fraction of sp³-hybridized carbons (Fsp3) is 0.467. The average Bonchev–Trinajstić information content (AvgIpc) is 3.10. The molecule has 1 aliphatic heterocycles. The normalized spacial score (nSPS) is 18.6. The van der Waals surface area contributed by atoms with Gasteiger partial charge in [-0.1, -0.05) is 35.5 Å². The Morgan fingerprint density at radius 1 is 1.29 bits per heavy atom. The minimum atomic E-state index is 0. The van der Waals surface area contributed by atoms with E-state index in [9.17, 15) is 0 Å². The Morgan fingerprint density at radius 3 is 2.81 bits per heavy atom. The molecule has 0 bridgehead atoms. The highest BCUT2D eigenvalue weighted by Crippen LogP contribution is 2.17. The number of likely N-dealkylation sites (tertiary alicyclic amines) is 1. The van der Waals surface area contributed by atoms with Crippen LogP contribution >= 0.6 is 12.4 Å². The van der Waals surface area contributed by atoms with Crippen LogP contribution in [0.1, 0.15) is 23.7 Å². The smallest absolute Gasteiger partial charge is 0.240 e. The Labute approximate surface area is 130 Å². The Kier molecular flexibility index (Phi) is 5.73. The Bertz CT molecular complexity index is 546. The predicted molar refractivity (Wildman–Crippen MR) is 83.2 cm³/mol. The van der Waals surface area contributed by atoms with Crippen LogP contribution in [-0.2, 0) is 13.0 Å². The van der Waals surface area contributed by atoms with Crippen LogP contribution in [0.4, 0.5) is 0 Å². The fourth-order valence-electron chi connectivity index (χ4n) is 2.64. The first-order chi connectivity index (χ1) is 9.83. The summed E-state index contributed by atoms with van der Waals surface area (Å²) in [5.74, 6) is 2.07. The van der Waals surface area contributed by atoms with Crippen LogP contribution in [0, 0.1) is 5.92 Å². The van der Waals surface area contributed by atoms with Gasteiger partial charge in [0.25, 0.3) is 0 Å². The summed E-state index contributed by atoms with van der Waals surface area (Å²) in [5.41, 5.74) is 6.90. The molecule has 1 aromatic carbocycles. The van der Waals surface area contributed by atoms with Crippen molar-refractivity contribution in [3.05, 3.63) is 47.6 Å². The van der Waals surface area contributed by atoms with Gasteiger partial charge in [0.2, 0.25) is 5.89 Å². The quantitative estimate of drug-likeness (QED) is 0.913. The van der Waals surface area contributed by atoms with Crippen molar-refractivity contribution in [2.24, 2.45) is 11.7 Å². The first-order valence-corrected chi connectivity index (χ1v) is 7.11. The molecule has 6 heteroatoms. The van der Waals surface area contributed by atoms with Crippen molar-refractivity contribution in [1.82, 2.24) is 15.0 Å². The van der Waals surface area contributed by atoms with E-state index in [1.165, 1.54) is 12.0 Å². The third-order valence-corrected chi connectivity index (χ3v) is 3.78. The molecule has 0 amide bonds. The van der Waals surface area contributed by atoms with Crippen molar-refractivity contribution < 1.29 is 4.52 Å². The van der Waals surface area contributed by atoms with Gasteiger partial charge in [-0.3, -0.25) is 4.90 Å². The van der Waals surface area contributed by atoms with Crippen molar-refractivity contribution in [3.63, 3.8) is 0 Å². The number of nitrogens with two attached hydrogens (primary N) is 1. The maximum Gasteiger partial charge on any atom is 0.240 e. The second-order valence-electron chi connectivity index (χ2n) is 5.39. The molecule has 0 aliphatic carbocycles. The number of aromatic nitrogens is 2. The van der Waals surface area contributed by atoms with Crippen LogP contribution in [0.3, 0.4) is 0 Å². The molecule has 0 radical (unpaired) electrons. The predicted octanol–water partition coefficient (Wildman–Crippen LogP) is 1.86. The summed E-state index contributed by atoms with van der Waals surface area (Å²) in [4.78, 5) is 6.80. The lowest BCUT2D eigenvalue weighted by Crippen LogP contribution is -2.22. The third kappa shape index (κ3) is 4.27. The first kappa shape index (κ1) is 15.9. The van der Waals surface area contributed by atoms with E-state index in [2.05, 4.69) is 27.2 Å². The topological polar surface area (TPSA) is 68.2 Å².